The second-order valence-corrected chi connectivity index (χ2v) is 4.84. The van der Waals surface area contributed by atoms with Gasteiger partial charge in [-0.05, 0) is 35.9 Å². The number of benzene rings is 1. The summed E-state index contributed by atoms with van der Waals surface area (Å²) in [5.41, 5.74) is 2.24. The molecule has 2 amide bonds. The van der Waals surface area contributed by atoms with Crippen molar-refractivity contribution in [1.82, 2.24) is 4.90 Å². The van der Waals surface area contributed by atoms with Crippen molar-refractivity contribution in [2.45, 2.75) is 13.0 Å². The molecule has 1 aliphatic rings. The number of nitrogens with one attached hydrogen (secondary N) is 1. The molecule has 5 nitrogen and oxygen atoms in total. The zero-order chi connectivity index (χ0) is 14.1. The van der Waals surface area contributed by atoms with E-state index in [4.69, 9.17) is 4.42 Å². The first-order chi connectivity index (χ1) is 9.63. The normalized spacial score (nSPS) is 12.9. The first kappa shape index (κ1) is 12.5. The Hall–Kier alpha value is -2.56. The van der Waals surface area contributed by atoms with E-state index >= 15 is 0 Å². The Bertz CT molecular complexity index is 662. The first-order valence-corrected chi connectivity index (χ1v) is 6.34. The number of nitrogens with zero attached hydrogens (tertiary/aromatic N) is 1. The van der Waals surface area contributed by atoms with Gasteiger partial charge in [-0.2, -0.15) is 0 Å². The Morgan fingerprint density at radius 1 is 1.40 bits per heavy atom. The highest BCUT2D eigenvalue weighted by molar-refractivity contribution is 6.01. The van der Waals surface area contributed by atoms with Crippen LogP contribution in [-0.4, -0.2) is 23.8 Å². The van der Waals surface area contributed by atoms with E-state index in [1.54, 1.807) is 42.5 Å². The Kier molecular flexibility index (Phi) is 3.02. The molecule has 1 aromatic carbocycles. The molecule has 0 saturated carbocycles. The van der Waals surface area contributed by atoms with Crippen molar-refractivity contribution in [2.24, 2.45) is 0 Å². The molecule has 2 heterocycles. The Morgan fingerprint density at radius 2 is 2.25 bits per heavy atom. The van der Waals surface area contributed by atoms with Crippen molar-refractivity contribution < 1.29 is 14.0 Å². The smallest absolute Gasteiger partial charge is 0.254 e. The molecule has 2 aromatic rings. The van der Waals surface area contributed by atoms with Crippen molar-refractivity contribution in [2.75, 3.05) is 12.4 Å². The van der Waals surface area contributed by atoms with E-state index in [0.717, 1.165) is 17.0 Å². The fourth-order valence-corrected chi connectivity index (χ4v) is 2.29. The lowest BCUT2D eigenvalue weighted by molar-refractivity contribution is -0.115. The van der Waals surface area contributed by atoms with Gasteiger partial charge in [0, 0.05) is 18.3 Å². The van der Waals surface area contributed by atoms with Gasteiger partial charge in [-0.1, -0.05) is 0 Å². The monoisotopic (exact) mass is 270 g/mol. The van der Waals surface area contributed by atoms with Crippen molar-refractivity contribution in [3.05, 3.63) is 53.5 Å². The van der Waals surface area contributed by atoms with Crippen LogP contribution < -0.4 is 5.32 Å². The maximum absolute atomic E-state index is 12.3. The molecule has 20 heavy (non-hydrogen) atoms. The fourth-order valence-electron chi connectivity index (χ4n) is 2.29. The molecule has 0 spiro atoms. The van der Waals surface area contributed by atoms with Gasteiger partial charge >= 0.3 is 0 Å². The largest absolute Gasteiger partial charge is 0.467 e. The second-order valence-electron chi connectivity index (χ2n) is 4.84. The van der Waals surface area contributed by atoms with Gasteiger partial charge in [0.05, 0.1) is 19.2 Å². The van der Waals surface area contributed by atoms with Crippen LogP contribution >= 0.6 is 0 Å². The van der Waals surface area contributed by atoms with Crippen LogP contribution in [0.2, 0.25) is 0 Å². The number of furan rings is 1. The first-order valence-electron chi connectivity index (χ1n) is 6.34. The number of carbonyl (C=O) groups is 2. The molecule has 1 aromatic heterocycles. The van der Waals surface area contributed by atoms with Crippen LogP contribution in [-0.2, 0) is 17.8 Å². The zero-order valence-corrected chi connectivity index (χ0v) is 11.1. The highest BCUT2D eigenvalue weighted by Crippen LogP contribution is 2.24. The number of rotatable bonds is 3. The summed E-state index contributed by atoms with van der Waals surface area (Å²) < 4.78 is 5.23. The molecule has 0 fully saturated rings. The minimum absolute atomic E-state index is 0.0338. The summed E-state index contributed by atoms with van der Waals surface area (Å²) in [4.78, 5) is 25.2. The molecule has 1 N–H and O–H groups in total. The Morgan fingerprint density at radius 3 is 3.00 bits per heavy atom. The average molecular weight is 270 g/mol. The molecule has 0 saturated heterocycles. The summed E-state index contributed by atoms with van der Waals surface area (Å²) >= 11 is 0. The SMILES string of the molecule is CN(Cc1ccco1)C(=O)c1ccc2c(c1)CC(=O)N2. The average Bonchev–Trinajstić information content (AvgIpc) is 3.04. The van der Waals surface area contributed by atoms with Crippen molar-refractivity contribution in [3.63, 3.8) is 0 Å². The van der Waals surface area contributed by atoms with Gasteiger partial charge in [0.15, 0.2) is 0 Å². The summed E-state index contributed by atoms with van der Waals surface area (Å²) in [6.07, 6.45) is 1.92. The Balaban J connectivity index is 1.77. The highest BCUT2D eigenvalue weighted by Gasteiger charge is 2.20. The molecule has 0 radical (unpaired) electrons. The minimum Gasteiger partial charge on any atom is -0.467 e. The molecule has 102 valence electrons. The van der Waals surface area contributed by atoms with Crippen molar-refractivity contribution in [1.29, 1.82) is 0 Å². The van der Waals surface area contributed by atoms with E-state index in [-0.39, 0.29) is 11.8 Å². The zero-order valence-electron chi connectivity index (χ0n) is 11.1. The van der Waals surface area contributed by atoms with Gasteiger partial charge in [-0.25, -0.2) is 0 Å². The fraction of sp³-hybridized carbons (Fsp3) is 0.200. The third kappa shape index (κ3) is 2.30. The van der Waals surface area contributed by atoms with Gasteiger partial charge in [0.1, 0.15) is 5.76 Å². The molecule has 3 rings (SSSR count). The number of fused-ring (bicyclic) bond motifs is 1. The topological polar surface area (TPSA) is 62.6 Å². The van der Waals surface area contributed by atoms with Gasteiger partial charge in [-0.15, -0.1) is 0 Å². The quantitative estimate of drug-likeness (QED) is 0.928. The number of hydrogen-bond acceptors (Lipinski definition) is 3. The summed E-state index contributed by atoms with van der Waals surface area (Å²) in [6.45, 7) is 0.417. The lowest BCUT2D eigenvalue weighted by Gasteiger charge is -2.16. The summed E-state index contributed by atoms with van der Waals surface area (Å²) in [6, 6.07) is 8.89. The highest BCUT2D eigenvalue weighted by atomic mass is 16.3. The molecule has 0 atom stereocenters. The lowest BCUT2D eigenvalue weighted by Crippen LogP contribution is -2.26. The molecule has 0 aliphatic carbocycles. The lowest BCUT2D eigenvalue weighted by atomic mass is 10.1. The van der Waals surface area contributed by atoms with E-state index in [2.05, 4.69) is 5.32 Å². The summed E-state index contributed by atoms with van der Waals surface area (Å²) in [7, 11) is 1.72. The Labute approximate surface area is 116 Å². The van der Waals surface area contributed by atoms with Crippen LogP contribution in [0.3, 0.4) is 0 Å². The predicted octanol–water partition coefficient (Wildman–Crippen LogP) is 2.05. The second kappa shape index (κ2) is 4.85. The van der Waals surface area contributed by atoms with Gasteiger partial charge < -0.3 is 14.6 Å². The maximum Gasteiger partial charge on any atom is 0.254 e. The molecular weight excluding hydrogens is 256 g/mol. The van der Waals surface area contributed by atoms with Crippen LogP contribution in [0, 0.1) is 0 Å². The third-order valence-corrected chi connectivity index (χ3v) is 3.30. The van der Waals surface area contributed by atoms with Crippen LogP contribution in [0.4, 0.5) is 5.69 Å². The van der Waals surface area contributed by atoms with Crippen LogP contribution in [0.1, 0.15) is 21.7 Å². The molecular formula is C15H14N2O3. The molecule has 5 heteroatoms. The van der Waals surface area contributed by atoms with E-state index in [1.807, 2.05) is 6.07 Å². The van der Waals surface area contributed by atoms with Crippen molar-refractivity contribution >= 4 is 17.5 Å². The van der Waals surface area contributed by atoms with Gasteiger partial charge in [0.2, 0.25) is 5.91 Å². The molecule has 1 aliphatic heterocycles. The number of hydrogen-bond donors (Lipinski definition) is 1. The van der Waals surface area contributed by atoms with E-state index in [0.29, 0.717) is 18.5 Å². The van der Waals surface area contributed by atoms with E-state index in [1.165, 1.54) is 0 Å². The number of anilines is 1. The van der Waals surface area contributed by atoms with Crippen LogP contribution in [0.15, 0.2) is 41.0 Å². The maximum atomic E-state index is 12.3. The third-order valence-electron chi connectivity index (χ3n) is 3.30. The van der Waals surface area contributed by atoms with Crippen LogP contribution in [0.5, 0.6) is 0 Å². The standard InChI is InChI=1S/C15H14N2O3/c1-17(9-12-3-2-6-20-12)15(19)10-4-5-13-11(7-10)8-14(18)16-13/h2-7H,8-9H2,1H3,(H,16,18). The number of carbonyl (C=O) groups excluding carboxylic acids is 2. The van der Waals surface area contributed by atoms with Crippen molar-refractivity contribution in [3.8, 4) is 0 Å². The number of amides is 2. The summed E-state index contributed by atoms with van der Waals surface area (Å²) in [5, 5.41) is 2.75. The molecule has 0 unspecified atom stereocenters. The minimum atomic E-state index is -0.0939. The van der Waals surface area contributed by atoms with E-state index in [9.17, 15) is 9.59 Å². The summed E-state index contributed by atoms with van der Waals surface area (Å²) in [5.74, 6) is 0.607. The van der Waals surface area contributed by atoms with Gasteiger partial charge in [0.25, 0.3) is 5.91 Å². The van der Waals surface area contributed by atoms with Gasteiger partial charge in [-0.3, -0.25) is 9.59 Å². The molecule has 0 bridgehead atoms. The predicted molar refractivity (Wildman–Crippen MR) is 73.3 cm³/mol. The van der Waals surface area contributed by atoms with Crippen LogP contribution in [0.25, 0.3) is 0 Å². The van der Waals surface area contributed by atoms with E-state index < -0.39 is 0 Å².